The highest BCUT2D eigenvalue weighted by atomic mass is 32.1. The van der Waals surface area contributed by atoms with Crippen LogP contribution in [0.1, 0.15) is 16.4 Å². The fourth-order valence-corrected chi connectivity index (χ4v) is 3.35. The predicted octanol–water partition coefficient (Wildman–Crippen LogP) is 4.25. The normalized spacial score (nSPS) is 11.1. The molecule has 22 heavy (non-hydrogen) atoms. The maximum absolute atomic E-state index is 5.18. The molecule has 0 spiro atoms. The Morgan fingerprint density at radius 2 is 1.82 bits per heavy atom. The van der Waals surface area contributed by atoms with Crippen LogP contribution in [0.4, 0.5) is 0 Å². The van der Waals surface area contributed by atoms with Gasteiger partial charge in [-0.3, -0.25) is 0 Å². The van der Waals surface area contributed by atoms with Crippen molar-refractivity contribution >= 4 is 21.6 Å². The molecular formula is C17H13N3OS. The van der Waals surface area contributed by atoms with Crippen LogP contribution in [0.2, 0.25) is 0 Å². The number of benzene rings is 2. The van der Waals surface area contributed by atoms with Gasteiger partial charge >= 0.3 is 0 Å². The molecule has 2 heterocycles. The van der Waals surface area contributed by atoms with E-state index in [9.17, 15) is 0 Å². The molecule has 0 N–H and O–H groups in total. The molecule has 5 heteroatoms. The van der Waals surface area contributed by atoms with Gasteiger partial charge in [-0.05, 0) is 36.8 Å². The Hall–Kier alpha value is -2.53. The lowest BCUT2D eigenvalue weighted by Crippen LogP contribution is -1.87. The van der Waals surface area contributed by atoms with Crippen LogP contribution in [0.3, 0.4) is 0 Å². The number of aryl methyl sites for hydroxylation is 1. The molecule has 0 radical (unpaired) electrons. The lowest BCUT2D eigenvalue weighted by atomic mass is 10.1. The number of thiazole rings is 1. The lowest BCUT2D eigenvalue weighted by Gasteiger charge is -1.99. The van der Waals surface area contributed by atoms with Crippen LogP contribution in [-0.4, -0.2) is 15.1 Å². The Kier molecular flexibility index (Phi) is 3.20. The van der Waals surface area contributed by atoms with Crippen LogP contribution in [0, 0.1) is 6.92 Å². The van der Waals surface area contributed by atoms with E-state index in [1.54, 1.807) is 11.3 Å². The van der Waals surface area contributed by atoms with Gasteiger partial charge in [0, 0.05) is 12.0 Å². The molecule has 0 aliphatic rings. The third kappa shape index (κ3) is 2.51. The molecule has 0 aliphatic carbocycles. The topological polar surface area (TPSA) is 51.8 Å². The Labute approximate surface area is 131 Å². The van der Waals surface area contributed by atoms with Crippen molar-refractivity contribution in [1.82, 2.24) is 15.1 Å². The molecule has 4 nitrogen and oxygen atoms in total. The molecule has 0 atom stereocenters. The van der Waals surface area contributed by atoms with Gasteiger partial charge in [0.25, 0.3) is 5.89 Å². The van der Waals surface area contributed by atoms with Gasteiger partial charge in [0.15, 0.2) is 5.82 Å². The first kappa shape index (κ1) is 13.2. The first-order valence-electron chi connectivity index (χ1n) is 7.02. The van der Waals surface area contributed by atoms with Crippen molar-refractivity contribution < 1.29 is 4.52 Å². The van der Waals surface area contributed by atoms with Gasteiger partial charge < -0.3 is 4.52 Å². The lowest BCUT2D eigenvalue weighted by molar-refractivity contribution is 0.425. The molecule has 2 aromatic heterocycles. The summed E-state index contributed by atoms with van der Waals surface area (Å²) in [4.78, 5) is 8.90. The van der Waals surface area contributed by atoms with Crippen LogP contribution < -0.4 is 0 Å². The van der Waals surface area contributed by atoms with Crippen molar-refractivity contribution in [3.8, 4) is 11.5 Å². The third-order valence-corrected chi connectivity index (χ3v) is 4.46. The predicted molar refractivity (Wildman–Crippen MR) is 86.9 cm³/mol. The number of hydrogen-bond donors (Lipinski definition) is 0. The summed E-state index contributed by atoms with van der Waals surface area (Å²) in [5, 5.41) is 4.94. The summed E-state index contributed by atoms with van der Waals surface area (Å²) in [7, 11) is 0. The maximum Gasteiger partial charge on any atom is 0.257 e. The molecule has 0 fully saturated rings. The minimum absolute atomic E-state index is 0.559. The van der Waals surface area contributed by atoms with Crippen molar-refractivity contribution in [3.05, 3.63) is 64.9 Å². The van der Waals surface area contributed by atoms with Crippen molar-refractivity contribution in [1.29, 1.82) is 0 Å². The molecule has 0 saturated heterocycles. The second kappa shape index (κ2) is 5.35. The number of rotatable bonds is 3. The Morgan fingerprint density at radius 3 is 2.55 bits per heavy atom. The van der Waals surface area contributed by atoms with E-state index in [4.69, 9.17) is 4.52 Å². The summed E-state index contributed by atoms with van der Waals surface area (Å²) in [6.07, 6.45) is 0.836. The number of aromatic nitrogens is 3. The van der Waals surface area contributed by atoms with E-state index in [0.717, 1.165) is 22.5 Å². The Morgan fingerprint density at radius 1 is 1.00 bits per heavy atom. The molecule has 0 saturated carbocycles. The van der Waals surface area contributed by atoms with Crippen LogP contribution in [-0.2, 0) is 6.42 Å². The first-order valence-corrected chi connectivity index (χ1v) is 7.84. The zero-order valence-electron chi connectivity index (χ0n) is 12.0. The number of nitrogens with zero attached hydrogens (tertiary/aromatic N) is 3. The van der Waals surface area contributed by atoms with Gasteiger partial charge in [0.05, 0.1) is 15.2 Å². The summed E-state index contributed by atoms with van der Waals surface area (Å²) in [6.45, 7) is 1.81. The minimum atomic E-state index is 0.559. The van der Waals surface area contributed by atoms with E-state index in [1.165, 1.54) is 10.3 Å². The Balaban J connectivity index is 1.58. The van der Waals surface area contributed by atoms with E-state index in [1.807, 2.05) is 31.2 Å². The standard InChI is InChI=1S/C17H13N3OS/c1-11-18-17(21-20-11)13-8-6-12(7-9-13)10-16-19-14-4-2-3-5-15(14)22-16/h2-9H,10H2,1H3. The van der Waals surface area contributed by atoms with Crippen LogP contribution in [0.25, 0.3) is 21.7 Å². The molecule has 0 bridgehead atoms. The van der Waals surface area contributed by atoms with Gasteiger partial charge in [0.2, 0.25) is 0 Å². The summed E-state index contributed by atoms with van der Waals surface area (Å²) in [6, 6.07) is 16.4. The van der Waals surface area contributed by atoms with Crippen molar-refractivity contribution in [2.75, 3.05) is 0 Å². The van der Waals surface area contributed by atoms with Crippen LogP contribution in [0.5, 0.6) is 0 Å². The fourth-order valence-electron chi connectivity index (χ4n) is 2.35. The maximum atomic E-state index is 5.18. The van der Waals surface area contributed by atoms with Crippen molar-refractivity contribution in [3.63, 3.8) is 0 Å². The SMILES string of the molecule is Cc1noc(-c2ccc(Cc3nc4ccccc4s3)cc2)n1. The van der Waals surface area contributed by atoms with Crippen LogP contribution in [0.15, 0.2) is 53.1 Å². The first-order chi connectivity index (χ1) is 10.8. The Bertz CT molecular complexity index is 891. The van der Waals surface area contributed by atoms with Gasteiger partial charge in [0.1, 0.15) is 0 Å². The third-order valence-electron chi connectivity index (χ3n) is 3.42. The van der Waals surface area contributed by atoms with Crippen molar-refractivity contribution in [2.24, 2.45) is 0 Å². The van der Waals surface area contributed by atoms with Gasteiger partial charge in [-0.2, -0.15) is 4.98 Å². The van der Waals surface area contributed by atoms with Gasteiger partial charge in [-0.15, -0.1) is 11.3 Å². The summed E-state index contributed by atoms with van der Waals surface area (Å²) < 4.78 is 6.41. The van der Waals surface area contributed by atoms with E-state index in [0.29, 0.717) is 11.7 Å². The van der Waals surface area contributed by atoms with E-state index < -0.39 is 0 Å². The monoisotopic (exact) mass is 307 g/mol. The number of para-hydroxylation sites is 1. The second-order valence-electron chi connectivity index (χ2n) is 5.10. The average Bonchev–Trinajstić information content (AvgIpc) is 3.13. The van der Waals surface area contributed by atoms with Gasteiger partial charge in [-0.1, -0.05) is 29.4 Å². The quantitative estimate of drug-likeness (QED) is 0.568. The molecule has 4 aromatic rings. The molecular weight excluding hydrogens is 294 g/mol. The highest BCUT2D eigenvalue weighted by Crippen LogP contribution is 2.24. The molecule has 4 rings (SSSR count). The molecule has 0 amide bonds. The summed E-state index contributed by atoms with van der Waals surface area (Å²) >= 11 is 1.74. The van der Waals surface area contributed by atoms with E-state index >= 15 is 0 Å². The highest BCUT2D eigenvalue weighted by molar-refractivity contribution is 7.18. The van der Waals surface area contributed by atoms with Crippen LogP contribution >= 0.6 is 11.3 Å². The molecule has 0 unspecified atom stereocenters. The smallest absolute Gasteiger partial charge is 0.257 e. The van der Waals surface area contributed by atoms with Crippen molar-refractivity contribution in [2.45, 2.75) is 13.3 Å². The number of hydrogen-bond acceptors (Lipinski definition) is 5. The summed E-state index contributed by atoms with van der Waals surface area (Å²) in [5.74, 6) is 1.21. The highest BCUT2D eigenvalue weighted by Gasteiger charge is 2.07. The molecule has 0 aliphatic heterocycles. The average molecular weight is 307 g/mol. The fraction of sp³-hybridized carbons (Fsp3) is 0.118. The van der Waals surface area contributed by atoms with E-state index in [2.05, 4.69) is 39.4 Å². The summed E-state index contributed by atoms with van der Waals surface area (Å²) in [5.41, 5.74) is 3.23. The van der Waals surface area contributed by atoms with Gasteiger partial charge in [-0.25, -0.2) is 4.98 Å². The minimum Gasteiger partial charge on any atom is -0.334 e. The number of fused-ring (bicyclic) bond motifs is 1. The largest absolute Gasteiger partial charge is 0.334 e. The second-order valence-corrected chi connectivity index (χ2v) is 6.21. The zero-order valence-corrected chi connectivity index (χ0v) is 12.8. The molecule has 2 aromatic carbocycles. The zero-order chi connectivity index (χ0) is 14.9. The molecule has 108 valence electrons. The van der Waals surface area contributed by atoms with E-state index in [-0.39, 0.29) is 0 Å².